The third-order valence-corrected chi connectivity index (χ3v) is 1.72. The number of esters is 1. The number of ether oxygens (including phenoxy) is 2. The van der Waals surface area contributed by atoms with E-state index < -0.39 is 18.2 Å². The molecule has 4 heteroatoms. The molecular weight excluding hydrogens is 148 g/mol. The summed E-state index contributed by atoms with van der Waals surface area (Å²) in [6.07, 6.45) is -0.0308. The van der Waals surface area contributed by atoms with Crippen LogP contribution < -0.4 is 0 Å². The zero-order valence-corrected chi connectivity index (χ0v) is 6.45. The summed E-state index contributed by atoms with van der Waals surface area (Å²) in [5.41, 5.74) is 0. The molecule has 11 heavy (non-hydrogen) atoms. The molecule has 0 radical (unpaired) electrons. The van der Waals surface area contributed by atoms with Gasteiger partial charge in [-0.05, 0) is 6.42 Å². The van der Waals surface area contributed by atoms with Gasteiger partial charge in [-0.1, -0.05) is 0 Å². The van der Waals surface area contributed by atoms with Gasteiger partial charge in [-0.2, -0.15) is 0 Å². The highest BCUT2D eigenvalue weighted by Crippen LogP contribution is 2.14. The van der Waals surface area contributed by atoms with Crippen molar-refractivity contribution < 1.29 is 19.4 Å². The van der Waals surface area contributed by atoms with Gasteiger partial charge in [0.15, 0.2) is 6.10 Å². The maximum atomic E-state index is 10.9. The van der Waals surface area contributed by atoms with E-state index in [1.54, 1.807) is 0 Å². The quantitative estimate of drug-likeness (QED) is 0.535. The van der Waals surface area contributed by atoms with Crippen LogP contribution in [0.4, 0.5) is 0 Å². The molecule has 1 aliphatic heterocycles. The van der Waals surface area contributed by atoms with E-state index in [0.29, 0.717) is 19.4 Å². The van der Waals surface area contributed by atoms with Gasteiger partial charge in [0.2, 0.25) is 0 Å². The fraction of sp³-hybridized carbons (Fsp3) is 0.857. The number of rotatable bonds is 1. The minimum absolute atomic E-state index is 0.354. The van der Waals surface area contributed by atoms with Crippen LogP contribution in [-0.4, -0.2) is 37.0 Å². The molecule has 2 unspecified atom stereocenters. The van der Waals surface area contributed by atoms with Crippen molar-refractivity contribution in [2.24, 2.45) is 0 Å². The van der Waals surface area contributed by atoms with Crippen molar-refractivity contribution in [3.63, 3.8) is 0 Å². The Morgan fingerprint density at radius 1 is 1.73 bits per heavy atom. The lowest BCUT2D eigenvalue weighted by atomic mass is 10.1. The molecule has 0 aromatic rings. The number of hydrogen-bond acceptors (Lipinski definition) is 4. The molecule has 0 aromatic heterocycles. The number of carbonyl (C=O) groups is 1. The van der Waals surface area contributed by atoms with Crippen molar-refractivity contribution in [1.82, 2.24) is 0 Å². The van der Waals surface area contributed by atoms with Crippen LogP contribution in [0.15, 0.2) is 0 Å². The largest absolute Gasteiger partial charge is 0.467 e. The fourth-order valence-electron chi connectivity index (χ4n) is 1.08. The highest BCUT2D eigenvalue weighted by Gasteiger charge is 2.27. The molecule has 1 N–H and O–H groups in total. The summed E-state index contributed by atoms with van der Waals surface area (Å²) in [4.78, 5) is 10.9. The second-order valence-corrected chi connectivity index (χ2v) is 2.56. The number of aliphatic hydroxyl groups excluding tert-OH is 1. The average Bonchev–Trinajstić information content (AvgIpc) is 2.03. The van der Waals surface area contributed by atoms with Crippen molar-refractivity contribution in [2.75, 3.05) is 13.7 Å². The molecule has 1 heterocycles. The van der Waals surface area contributed by atoms with Crippen molar-refractivity contribution >= 4 is 5.97 Å². The molecule has 0 aliphatic carbocycles. The number of methoxy groups -OCH3 is 1. The van der Waals surface area contributed by atoms with E-state index in [1.165, 1.54) is 7.11 Å². The zero-order chi connectivity index (χ0) is 8.27. The van der Waals surface area contributed by atoms with E-state index in [9.17, 15) is 4.79 Å². The zero-order valence-electron chi connectivity index (χ0n) is 6.45. The lowest BCUT2D eigenvalue weighted by Crippen LogP contribution is -2.35. The van der Waals surface area contributed by atoms with E-state index in [4.69, 9.17) is 9.84 Å². The SMILES string of the molecule is COC(=O)C1CC(O)CCO1. The van der Waals surface area contributed by atoms with Crippen LogP contribution in [0.3, 0.4) is 0 Å². The van der Waals surface area contributed by atoms with Crippen LogP contribution in [0, 0.1) is 0 Å². The Labute approximate surface area is 65.1 Å². The molecule has 0 bridgehead atoms. The second-order valence-electron chi connectivity index (χ2n) is 2.56. The summed E-state index contributed by atoms with van der Waals surface area (Å²) in [5, 5.41) is 9.14. The first-order chi connectivity index (χ1) is 5.24. The van der Waals surface area contributed by atoms with Gasteiger partial charge in [0, 0.05) is 6.42 Å². The van der Waals surface area contributed by atoms with Crippen LogP contribution in [0.1, 0.15) is 12.8 Å². The standard InChI is InChI=1S/C7H12O4/c1-10-7(9)6-4-5(8)2-3-11-6/h5-6,8H,2-4H2,1H3. The Bertz CT molecular complexity index is 145. The van der Waals surface area contributed by atoms with Crippen molar-refractivity contribution in [2.45, 2.75) is 25.0 Å². The van der Waals surface area contributed by atoms with Gasteiger partial charge in [0.1, 0.15) is 0 Å². The lowest BCUT2D eigenvalue weighted by Gasteiger charge is -2.24. The molecule has 2 atom stereocenters. The fourth-order valence-corrected chi connectivity index (χ4v) is 1.08. The molecule has 1 fully saturated rings. The summed E-state index contributed by atoms with van der Waals surface area (Å²) in [6.45, 7) is 0.431. The van der Waals surface area contributed by atoms with E-state index in [-0.39, 0.29) is 0 Å². The topological polar surface area (TPSA) is 55.8 Å². The summed E-state index contributed by atoms with van der Waals surface area (Å²) >= 11 is 0. The van der Waals surface area contributed by atoms with Gasteiger partial charge in [-0.15, -0.1) is 0 Å². The molecule has 0 spiro atoms. The molecule has 4 nitrogen and oxygen atoms in total. The van der Waals surface area contributed by atoms with Gasteiger partial charge in [0.25, 0.3) is 0 Å². The van der Waals surface area contributed by atoms with Crippen LogP contribution in [0.5, 0.6) is 0 Å². The maximum Gasteiger partial charge on any atom is 0.335 e. The number of hydrogen-bond donors (Lipinski definition) is 1. The van der Waals surface area contributed by atoms with E-state index in [1.807, 2.05) is 0 Å². The van der Waals surface area contributed by atoms with Gasteiger partial charge in [0.05, 0.1) is 19.8 Å². The Balaban J connectivity index is 2.39. The molecule has 1 saturated heterocycles. The first-order valence-corrected chi connectivity index (χ1v) is 3.61. The molecule has 1 rings (SSSR count). The highest BCUT2D eigenvalue weighted by atomic mass is 16.6. The van der Waals surface area contributed by atoms with Crippen molar-refractivity contribution in [1.29, 1.82) is 0 Å². The van der Waals surface area contributed by atoms with Crippen molar-refractivity contribution in [3.8, 4) is 0 Å². The monoisotopic (exact) mass is 160 g/mol. The molecule has 64 valence electrons. The van der Waals surface area contributed by atoms with Crippen molar-refractivity contribution in [3.05, 3.63) is 0 Å². The Morgan fingerprint density at radius 2 is 2.45 bits per heavy atom. The van der Waals surface area contributed by atoms with Gasteiger partial charge in [-0.3, -0.25) is 0 Å². The van der Waals surface area contributed by atoms with E-state index in [0.717, 1.165) is 0 Å². The Kier molecular flexibility index (Phi) is 2.84. The Hall–Kier alpha value is -0.610. The molecular formula is C7H12O4. The normalized spacial score (nSPS) is 31.5. The maximum absolute atomic E-state index is 10.9. The lowest BCUT2D eigenvalue weighted by molar-refractivity contribution is -0.160. The first-order valence-electron chi connectivity index (χ1n) is 3.61. The second kappa shape index (κ2) is 3.69. The smallest absolute Gasteiger partial charge is 0.335 e. The van der Waals surface area contributed by atoms with E-state index in [2.05, 4.69) is 4.74 Å². The summed E-state index contributed by atoms with van der Waals surface area (Å²) in [6, 6.07) is 0. The third kappa shape index (κ3) is 2.17. The third-order valence-electron chi connectivity index (χ3n) is 1.72. The predicted octanol–water partition coefficient (Wildman–Crippen LogP) is -0.301. The van der Waals surface area contributed by atoms with Crippen LogP contribution in [-0.2, 0) is 14.3 Å². The Morgan fingerprint density at radius 3 is 3.00 bits per heavy atom. The molecule has 1 aliphatic rings. The minimum atomic E-state index is -0.566. The average molecular weight is 160 g/mol. The summed E-state index contributed by atoms with van der Waals surface area (Å²) in [5.74, 6) is -0.399. The van der Waals surface area contributed by atoms with Gasteiger partial charge in [-0.25, -0.2) is 4.79 Å². The van der Waals surface area contributed by atoms with Crippen LogP contribution in [0.2, 0.25) is 0 Å². The summed E-state index contributed by atoms with van der Waals surface area (Å²) < 4.78 is 9.53. The van der Waals surface area contributed by atoms with Gasteiger partial charge < -0.3 is 14.6 Å². The first kappa shape index (κ1) is 8.49. The van der Waals surface area contributed by atoms with Gasteiger partial charge >= 0.3 is 5.97 Å². The predicted molar refractivity (Wildman–Crippen MR) is 37.0 cm³/mol. The number of carbonyl (C=O) groups excluding carboxylic acids is 1. The summed E-state index contributed by atoms with van der Waals surface area (Å²) in [7, 11) is 1.31. The number of aliphatic hydroxyl groups is 1. The molecule has 0 amide bonds. The van der Waals surface area contributed by atoms with Crippen LogP contribution >= 0.6 is 0 Å². The molecule has 0 aromatic carbocycles. The minimum Gasteiger partial charge on any atom is -0.467 e. The highest BCUT2D eigenvalue weighted by molar-refractivity contribution is 5.74. The molecule has 0 saturated carbocycles. The van der Waals surface area contributed by atoms with E-state index >= 15 is 0 Å². The van der Waals surface area contributed by atoms with Crippen LogP contribution in [0.25, 0.3) is 0 Å².